The van der Waals surface area contributed by atoms with E-state index in [4.69, 9.17) is 28.9 Å². The average molecular weight is 270 g/mol. The van der Waals surface area contributed by atoms with Crippen molar-refractivity contribution in [1.29, 1.82) is 0 Å². The SMILES string of the molecule is C=Cc1c(Cl)cc(Nc2n[nH]c(N)n2)cc1Cl. The second kappa shape index (κ2) is 4.65. The lowest BCUT2D eigenvalue weighted by Gasteiger charge is -2.06. The van der Waals surface area contributed by atoms with Crippen LogP contribution in [0.4, 0.5) is 17.6 Å². The lowest BCUT2D eigenvalue weighted by atomic mass is 10.2. The fourth-order valence-corrected chi connectivity index (χ4v) is 1.95. The summed E-state index contributed by atoms with van der Waals surface area (Å²) >= 11 is 12.1. The Bertz CT molecular complexity index is 541. The first-order valence-electron chi connectivity index (χ1n) is 4.66. The molecule has 2 rings (SSSR count). The van der Waals surface area contributed by atoms with Crippen LogP contribution in [0.2, 0.25) is 10.0 Å². The smallest absolute Gasteiger partial charge is 0.248 e. The number of nitrogen functional groups attached to an aromatic ring is 1. The Kier molecular flexibility index (Phi) is 3.21. The number of hydrogen-bond donors (Lipinski definition) is 3. The minimum Gasteiger partial charge on any atom is -0.368 e. The molecule has 1 aromatic heterocycles. The number of rotatable bonds is 3. The minimum absolute atomic E-state index is 0.229. The number of nitrogens with zero attached hydrogens (tertiary/aromatic N) is 2. The average Bonchev–Trinajstić information content (AvgIpc) is 2.63. The van der Waals surface area contributed by atoms with Crippen molar-refractivity contribution in [3.63, 3.8) is 0 Å². The van der Waals surface area contributed by atoms with Gasteiger partial charge in [0.1, 0.15) is 0 Å². The fourth-order valence-electron chi connectivity index (χ4n) is 1.31. The summed E-state index contributed by atoms with van der Waals surface area (Å²) in [4.78, 5) is 3.90. The predicted molar refractivity (Wildman–Crippen MR) is 70.6 cm³/mol. The maximum atomic E-state index is 6.04. The molecule has 7 heteroatoms. The van der Waals surface area contributed by atoms with Crippen molar-refractivity contribution in [2.24, 2.45) is 0 Å². The number of nitrogens with one attached hydrogen (secondary N) is 2. The van der Waals surface area contributed by atoms with Crippen molar-refractivity contribution in [3.05, 3.63) is 34.3 Å². The number of aromatic nitrogens is 3. The molecule has 0 saturated heterocycles. The van der Waals surface area contributed by atoms with Crippen LogP contribution in [0.5, 0.6) is 0 Å². The molecule has 17 heavy (non-hydrogen) atoms. The van der Waals surface area contributed by atoms with Crippen molar-refractivity contribution < 1.29 is 0 Å². The molecule has 0 radical (unpaired) electrons. The zero-order valence-electron chi connectivity index (χ0n) is 8.67. The van der Waals surface area contributed by atoms with E-state index in [9.17, 15) is 0 Å². The predicted octanol–water partition coefficient (Wildman–Crippen LogP) is 3.08. The molecule has 0 fully saturated rings. The fraction of sp³-hybridized carbons (Fsp3) is 0. The van der Waals surface area contributed by atoms with Gasteiger partial charge in [0.25, 0.3) is 0 Å². The first kappa shape index (κ1) is 11.8. The summed E-state index contributed by atoms with van der Waals surface area (Å²) in [5.41, 5.74) is 6.76. The first-order chi connectivity index (χ1) is 8.10. The van der Waals surface area contributed by atoms with Crippen LogP contribution in [-0.4, -0.2) is 15.2 Å². The highest BCUT2D eigenvalue weighted by Crippen LogP contribution is 2.30. The van der Waals surface area contributed by atoms with Gasteiger partial charge in [-0.25, -0.2) is 5.10 Å². The Hall–Kier alpha value is -1.72. The van der Waals surface area contributed by atoms with Crippen molar-refractivity contribution in [1.82, 2.24) is 15.2 Å². The molecule has 0 spiro atoms. The van der Waals surface area contributed by atoms with E-state index in [-0.39, 0.29) is 5.95 Å². The van der Waals surface area contributed by atoms with Crippen molar-refractivity contribution in [2.45, 2.75) is 0 Å². The van der Waals surface area contributed by atoms with Gasteiger partial charge in [-0.1, -0.05) is 35.9 Å². The molecule has 0 amide bonds. The molecule has 88 valence electrons. The number of nitrogens with two attached hydrogens (primary N) is 1. The number of H-pyrrole nitrogens is 1. The van der Waals surface area contributed by atoms with Gasteiger partial charge in [-0.2, -0.15) is 4.98 Å². The zero-order chi connectivity index (χ0) is 12.4. The summed E-state index contributed by atoms with van der Waals surface area (Å²) < 4.78 is 0. The van der Waals surface area contributed by atoms with Gasteiger partial charge in [-0.15, -0.1) is 5.10 Å². The summed E-state index contributed by atoms with van der Waals surface area (Å²) in [6.07, 6.45) is 1.60. The Labute approximate surface area is 108 Å². The Balaban J connectivity index is 2.31. The van der Waals surface area contributed by atoms with Gasteiger partial charge in [0.05, 0.1) is 10.0 Å². The topological polar surface area (TPSA) is 79.6 Å². The van der Waals surface area contributed by atoms with Crippen LogP contribution >= 0.6 is 23.2 Å². The van der Waals surface area contributed by atoms with Gasteiger partial charge < -0.3 is 11.1 Å². The maximum absolute atomic E-state index is 6.04. The lowest BCUT2D eigenvalue weighted by Crippen LogP contribution is -1.94. The van der Waals surface area contributed by atoms with Gasteiger partial charge in [-0.05, 0) is 12.1 Å². The van der Waals surface area contributed by atoms with Crippen LogP contribution in [0.1, 0.15) is 5.56 Å². The third-order valence-electron chi connectivity index (χ3n) is 2.04. The molecule has 0 saturated carbocycles. The van der Waals surface area contributed by atoms with E-state index in [0.29, 0.717) is 27.2 Å². The standard InChI is InChI=1S/C10H9Cl2N5/c1-2-6-7(11)3-5(4-8(6)12)14-10-15-9(13)16-17-10/h2-4H,1H2,(H4,13,14,15,16,17). The van der Waals surface area contributed by atoms with Crippen molar-refractivity contribution >= 4 is 46.9 Å². The molecule has 2 aromatic rings. The highest BCUT2D eigenvalue weighted by Gasteiger charge is 2.07. The van der Waals surface area contributed by atoms with Crippen molar-refractivity contribution in [3.8, 4) is 0 Å². The van der Waals surface area contributed by atoms with Crippen LogP contribution in [0, 0.1) is 0 Å². The van der Waals surface area contributed by atoms with Gasteiger partial charge in [0.15, 0.2) is 0 Å². The van der Waals surface area contributed by atoms with E-state index >= 15 is 0 Å². The van der Waals surface area contributed by atoms with Crippen molar-refractivity contribution in [2.75, 3.05) is 11.1 Å². The van der Waals surface area contributed by atoms with Gasteiger partial charge in [0, 0.05) is 11.3 Å². The second-order valence-electron chi connectivity index (χ2n) is 3.23. The Morgan fingerprint density at radius 3 is 2.47 bits per heavy atom. The van der Waals surface area contributed by atoms with Crippen LogP contribution in [-0.2, 0) is 0 Å². The summed E-state index contributed by atoms with van der Waals surface area (Å²) in [7, 11) is 0. The van der Waals surface area contributed by atoms with E-state index < -0.39 is 0 Å². The molecule has 0 unspecified atom stereocenters. The Morgan fingerprint density at radius 2 is 2.00 bits per heavy atom. The molecule has 0 aliphatic heterocycles. The zero-order valence-corrected chi connectivity index (χ0v) is 10.2. The number of benzene rings is 1. The summed E-state index contributed by atoms with van der Waals surface area (Å²) in [5, 5.41) is 10.3. The van der Waals surface area contributed by atoms with Crippen LogP contribution in [0.3, 0.4) is 0 Å². The molecular formula is C10H9Cl2N5. The molecule has 1 aromatic carbocycles. The van der Waals surface area contributed by atoms with Crippen LogP contribution < -0.4 is 11.1 Å². The van der Waals surface area contributed by atoms with E-state index in [1.54, 1.807) is 18.2 Å². The second-order valence-corrected chi connectivity index (χ2v) is 4.04. The lowest BCUT2D eigenvalue weighted by molar-refractivity contribution is 1.10. The molecular weight excluding hydrogens is 261 g/mol. The summed E-state index contributed by atoms with van der Waals surface area (Å²) in [6.45, 7) is 3.63. The number of anilines is 3. The normalized spacial score (nSPS) is 10.2. The van der Waals surface area contributed by atoms with E-state index in [1.807, 2.05) is 0 Å². The Morgan fingerprint density at radius 1 is 1.35 bits per heavy atom. The van der Waals surface area contributed by atoms with E-state index in [2.05, 4.69) is 27.1 Å². The van der Waals surface area contributed by atoms with Gasteiger partial charge in [0.2, 0.25) is 11.9 Å². The largest absolute Gasteiger partial charge is 0.368 e. The van der Waals surface area contributed by atoms with Gasteiger partial charge >= 0.3 is 0 Å². The molecule has 4 N–H and O–H groups in total. The van der Waals surface area contributed by atoms with Gasteiger partial charge in [-0.3, -0.25) is 0 Å². The third kappa shape index (κ3) is 2.51. The highest BCUT2D eigenvalue weighted by molar-refractivity contribution is 6.37. The highest BCUT2D eigenvalue weighted by atomic mass is 35.5. The number of hydrogen-bond acceptors (Lipinski definition) is 4. The van der Waals surface area contributed by atoms with Crippen LogP contribution in [0.25, 0.3) is 6.08 Å². The molecule has 0 aliphatic rings. The molecule has 0 bridgehead atoms. The summed E-state index contributed by atoms with van der Waals surface area (Å²) in [6, 6.07) is 3.41. The van der Waals surface area contributed by atoms with Crippen LogP contribution in [0.15, 0.2) is 18.7 Å². The van der Waals surface area contributed by atoms with E-state index in [0.717, 1.165) is 0 Å². The monoisotopic (exact) mass is 269 g/mol. The quantitative estimate of drug-likeness (QED) is 0.800. The molecule has 1 heterocycles. The molecule has 0 atom stereocenters. The minimum atomic E-state index is 0.229. The molecule has 5 nitrogen and oxygen atoms in total. The number of aromatic amines is 1. The first-order valence-corrected chi connectivity index (χ1v) is 5.42. The van der Waals surface area contributed by atoms with E-state index in [1.165, 1.54) is 0 Å². The summed E-state index contributed by atoms with van der Waals surface area (Å²) in [5.74, 6) is 0.577. The third-order valence-corrected chi connectivity index (χ3v) is 2.67. The number of halogens is 2. The maximum Gasteiger partial charge on any atom is 0.248 e. The molecule has 0 aliphatic carbocycles.